The molecule has 9 heteroatoms. The Morgan fingerprint density at radius 1 is 1.28 bits per heavy atom. The molecule has 3 N–H and O–H groups in total. The van der Waals surface area contributed by atoms with E-state index in [4.69, 9.17) is 9.79 Å². The van der Waals surface area contributed by atoms with Crippen LogP contribution in [0.4, 0.5) is 0 Å². The van der Waals surface area contributed by atoms with E-state index in [0.29, 0.717) is 0 Å². The van der Waals surface area contributed by atoms with E-state index in [0.717, 1.165) is 0 Å². The molecule has 0 spiro atoms. The zero-order valence-corrected chi connectivity index (χ0v) is 12.3. The molecule has 6 nitrogen and oxygen atoms in total. The Labute approximate surface area is 111 Å². The maximum atomic E-state index is 11.8. The Kier molecular flexibility index (Phi) is 4.88. The fourth-order valence-corrected chi connectivity index (χ4v) is 3.10. The second-order valence-corrected chi connectivity index (χ2v) is 8.13. The van der Waals surface area contributed by atoms with Gasteiger partial charge in [0.15, 0.2) is 0 Å². The zero-order chi connectivity index (χ0) is 14.0. The Bertz CT molecular complexity index is 549. The molecule has 1 aromatic carbocycles. The van der Waals surface area contributed by atoms with E-state index in [1.807, 2.05) is 0 Å². The summed E-state index contributed by atoms with van der Waals surface area (Å²) in [6.07, 6.45) is 0. The Hall–Kier alpha value is -0.500. The first-order valence-corrected chi connectivity index (χ1v) is 9.08. The van der Waals surface area contributed by atoms with Crippen molar-refractivity contribution in [1.29, 1.82) is 0 Å². The van der Waals surface area contributed by atoms with Gasteiger partial charge in [-0.05, 0) is 38.1 Å². The third-order valence-electron chi connectivity index (χ3n) is 1.75. The van der Waals surface area contributed by atoms with E-state index >= 15 is 0 Å². The van der Waals surface area contributed by atoms with E-state index in [-0.39, 0.29) is 16.7 Å². The van der Waals surface area contributed by atoms with Crippen molar-refractivity contribution in [2.45, 2.75) is 24.8 Å². The van der Waals surface area contributed by atoms with Gasteiger partial charge in [0, 0.05) is 17.8 Å². The van der Waals surface area contributed by atoms with Crippen molar-refractivity contribution >= 4 is 28.5 Å². The number of hydrogen-bond acceptors (Lipinski definition) is 4. The third kappa shape index (κ3) is 5.01. The van der Waals surface area contributed by atoms with Gasteiger partial charge in [0.2, 0.25) is 10.0 Å². The second kappa shape index (κ2) is 5.64. The molecule has 102 valence electrons. The van der Waals surface area contributed by atoms with Gasteiger partial charge in [0.1, 0.15) is 5.75 Å². The summed E-state index contributed by atoms with van der Waals surface area (Å²) < 4.78 is 30.6. The highest BCUT2D eigenvalue weighted by molar-refractivity contribution is 8.06. The number of benzene rings is 1. The average Bonchev–Trinajstić information content (AvgIpc) is 2.13. The number of rotatable bonds is 5. The van der Waals surface area contributed by atoms with Gasteiger partial charge in [-0.25, -0.2) is 13.1 Å². The monoisotopic (exact) mass is 311 g/mol. The van der Waals surface area contributed by atoms with Gasteiger partial charge in [-0.2, -0.15) is 0 Å². The highest BCUT2D eigenvalue weighted by atomic mass is 32.5. The van der Waals surface area contributed by atoms with Gasteiger partial charge < -0.3 is 14.3 Å². The number of sulfonamides is 1. The summed E-state index contributed by atoms with van der Waals surface area (Å²) in [5, 5.41) is 0. The van der Waals surface area contributed by atoms with E-state index in [2.05, 4.69) is 21.1 Å². The average molecular weight is 311 g/mol. The van der Waals surface area contributed by atoms with Crippen LogP contribution in [0.5, 0.6) is 5.75 Å². The normalized spacial score (nSPS) is 12.7. The van der Waals surface area contributed by atoms with Crippen molar-refractivity contribution in [2.75, 3.05) is 0 Å². The van der Waals surface area contributed by atoms with Crippen LogP contribution in [-0.2, 0) is 21.8 Å². The minimum absolute atomic E-state index is 0.0627. The summed E-state index contributed by atoms with van der Waals surface area (Å²) in [7, 11) is -3.57. The maximum Gasteiger partial charge on any atom is 0.375 e. The lowest BCUT2D eigenvalue weighted by molar-refractivity contribution is 0.370. The molecule has 0 bridgehead atoms. The standard InChI is InChI=1S/C9H14NO5PS2/c1-7(2)10-18(13,14)9-5-3-8(4-6-9)15-16(11,12)17/h3-7,10H,1-2H3,(H2,11,12,17). The molecule has 0 heterocycles. The molecule has 0 saturated heterocycles. The first kappa shape index (κ1) is 15.6. The molecular formula is C9H14NO5PS2. The Morgan fingerprint density at radius 3 is 2.17 bits per heavy atom. The number of nitrogens with one attached hydrogen (secondary N) is 1. The van der Waals surface area contributed by atoms with Crippen molar-refractivity contribution in [3.8, 4) is 5.75 Å². The van der Waals surface area contributed by atoms with E-state index in [9.17, 15) is 8.42 Å². The van der Waals surface area contributed by atoms with E-state index in [1.54, 1.807) is 13.8 Å². The Morgan fingerprint density at radius 2 is 1.78 bits per heavy atom. The fraction of sp³-hybridized carbons (Fsp3) is 0.333. The van der Waals surface area contributed by atoms with Crippen LogP contribution in [0.1, 0.15) is 13.8 Å². The van der Waals surface area contributed by atoms with Crippen LogP contribution in [0, 0.1) is 0 Å². The van der Waals surface area contributed by atoms with Crippen molar-refractivity contribution < 1.29 is 22.7 Å². The summed E-state index contributed by atoms with van der Waals surface area (Å²) in [6.45, 7) is -0.376. The van der Waals surface area contributed by atoms with Gasteiger partial charge in [-0.15, -0.1) is 0 Å². The summed E-state index contributed by atoms with van der Waals surface area (Å²) in [5.41, 5.74) is 0. The van der Waals surface area contributed by atoms with Crippen LogP contribution in [0.3, 0.4) is 0 Å². The van der Waals surface area contributed by atoms with Crippen LogP contribution in [0.2, 0.25) is 0 Å². The minimum Gasteiger partial charge on any atom is -0.424 e. The molecule has 0 aliphatic rings. The lowest BCUT2D eigenvalue weighted by Crippen LogP contribution is -2.30. The van der Waals surface area contributed by atoms with Gasteiger partial charge in [0.05, 0.1) is 4.90 Å². The zero-order valence-electron chi connectivity index (χ0n) is 9.77. The molecule has 0 unspecified atom stereocenters. The van der Waals surface area contributed by atoms with E-state index < -0.39 is 16.7 Å². The smallest absolute Gasteiger partial charge is 0.375 e. The highest BCUT2D eigenvalue weighted by Gasteiger charge is 2.16. The highest BCUT2D eigenvalue weighted by Crippen LogP contribution is 2.37. The maximum absolute atomic E-state index is 11.8. The molecule has 1 rings (SSSR count). The van der Waals surface area contributed by atoms with Crippen LogP contribution >= 0.6 is 6.72 Å². The Balaban J connectivity index is 2.93. The predicted molar refractivity (Wildman–Crippen MR) is 71.3 cm³/mol. The largest absolute Gasteiger partial charge is 0.424 e. The van der Waals surface area contributed by atoms with Crippen LogP contribution in [0.15, 0.2) is 29.2 Å². The molecule has 0 saturated carbocycles. The van der Waals surface area contributed by atoms with Gasteiger partial charge in [0.25, 0.3) is 0 Å². The molecule has 0 aromatic heterocycles. The summed E-state index contributed by atoms with van der Waals surface area (Å²) in [5.74, 6) is 0.104. The quantitative estimate of drug-likeness (QED) is 0.701. The molecule has 1 aromatic rings. The van der Waals surface area contributed by atoms with Crippen LogP contribution in [0.25, 0.3) is 0 Å². The fourth-order valence-electron chi connectivity index (χ4n) is 1.20. The molecule has 0 amide bonds. The van der Waals surface area contributed by atoms with Gasteiger partial charge in [-0.3, -0.25) is 0 Å². The van der Waals surface area contributed by atoms with Crippen LogP contribution in [-0.4, -0.2) is 24.2 Å². The molecular weight excluding hydrogens is 297 g/mol. The predicted octanol–water partition coefficient (Wildman–Crippen LogP) is 0.961. The molecule has 18 heavy (non-hydrogen) atoms. The molecule has 0 aliphatic carbocycles. The summed E-state index contributed by atoms with van der Waals surface area (Å²) >= 11 is 4.30. The molecule has 0 fully saturated rings. The lowest BCUT2D eigenvalue weighted by atomic mass is 10.3. The third-order valence-corrected chi connectivity index (χ3v) is 4.10. The van der Waals surface area contributed by atoms with Gasteiger partial charge in [-0.1, -0.05) is 0 Å². The minimum atomic E-state index is -3.80. The van der Waals surface area contributed by atoms with Gasteiger partial charge >= 0.3 is 6.72 Å². The summed E-state index contributed by atoms with van der Waals surface area (Å²) in [6, 6.07) is 4.99. The van der Waals surface area contributed by atoms with Crippen molar-refractivity contribution in [1.82, 2.24) is 4.72 Å². The van der Waals surface area contributed by atoms with Crippen molar-refractivity contribution in [3.05, 3.63) is 24.3 Å². The van der Waals surface area contributed by atoms with E-state index in [1.165, 1.54) is 24.3 Å². The lowest BCUT2D eigenvalue weighted by Gasteiger charge is -2.12. The second-order valence-electron chi connectivity index (χ2n) is 3.83. The first-order chi connectivity index (χ1) is 8.10. The summed E-state index contributed by atoms with van der Waals surface area (Å²) in [4.78, 5) is 18.0. The number of hydrogen-bond donors (Lipinski definition) is 3. The SMILES string of the molecule is CC(C)NS(=O)(=O)c1ccc(OP(O)(O)=S)cc1. The van der Waals surface area contributed by atoms with Crippen molar-refractivity contribution in [3.63, 3.8) is 0 Å². The first-order valence-electron chi connectivity index (χ1n) is 4.98. The van der Waals surface area contributed by atoms with Crippen molar-refractivity contribution in [2.24, 2.45) is 0 Å². The van der Waals surface area contributed by atoms with Crippen LogP contribution < -0.4 is 9.25 Å². The molecule has 0 aliphatic heterocycles. The molecule has 0 atom stereocenters. The molecule has 0 radical (unpaired) electrons. The topological polar surface area (TPSA) is 95.9 Å².